The topological polar surface area (TPSA) is 86.2 Å². The maximum absolute atomic E-state index is 13.1. The van der Waals surface area contributed by atoms with Crippen LogP contribution in [0.25, 0.3) is 0 Å². The number of nitrogens with two attached hydrogens (primary N) is 1. The SMILES string of the molecule is NCCC(=O)c1ccc([N+](=O)[O-])c(F)c1. The molecule has 1 aromatic rings. The van der Waals surface area contributed by atoms with Crippen molar-refractivity contribution in [2.24, 2.45) is 5.73 Å². The molecule has 0 fully saturated rings. The van der Waals surface area contributed by atoms with Crippen molar-refractivity contribution in [3.8, 4) is 0 Å². The number of carbonyl (C=O) groups excluding carboxylic acids is 1. The van der Waals surface area contributed by atoms with Gasteiger partial charge >= 0.3 is 5.69 Å². The Hall–Kier alpha value is -1.82. The van der Waals surface area contributed by atoms with Crippen molar-refractivity contribution >= 4 is 11.5 Å². The van der Waals surface area contributed by atoms with Crippen molar-refractivity contribution < 1.29 is 14.1 Å². The molecule has 0 aliphatic rings. The van der Waals surface area contributed by atoms with Gasteiger partial charge in [-0.1, -0.05) is 0 Å². The number of halogens is 1. The second kappa shape index (κ2) is 4.61. The van der Waals surface area contributed by atoms with Crippen LogP contribution in [0.1, 0.15) is 16.8 Å². The summed E-state index contributed by atoms with van der Waals surface area (Å²) in [7, 11) is 0. The molecular weight excluding hydrogens is 203 g/mol. The van der Waals surface area contributed by atoms with Crippen LogP contribution in [-0.4, -0.2) is 17.3 Å². The number of ketones is 1. The normalized spacial score (nSPS) is 10.0. The minimum Gasteiger partial charge on any atom is -0.330 e. The average molecular weight is 212 g/mol. The highest BCUT2D eigenvalue weighted by Gasteiger charge is 2.15. The van der Waals surface area contributed by atoms with E-state index in [0.29, 0.717) is 0 Å². The van der Waals surface area contributed by atoms with Gasteiger partial charge in [0.1, 0.15) is 0 Å². The van der Waals surface area contributed by atoms with Crippen molar-refractivity contribution in [3.63, 3.8) is 0 Å². The van der Waals surface area contributed by atoms with E-state index in [1.54, 1.807) is 0 Å². The third-order valence-corrected chi connectivity index (χ3v) is 1.84. The standard InChI is InChI=1S/C9H9FN2O3/c10-7-5-6(9(13)3-4-11)1-2-8(7)12(14)15/h1-2,5H,3-4,11H2. The summed E-state index contributed by atoms with van der Waals surface area (Å²) >= 11 is 0. The maximum Gasteiger partial charge on any atom is 0.304 e. The first-order valence-corrected chi connectivity index (χ1v) is 4.23. The van der Waals surface area contributed by atoms with Gasteiger partial charge in [0.15, 0.2) is 5.78 Å². The molecule has 1 rings (SSSR count). The van der Waals surface area contributed by atoms with Gasteiger partial charge in [-0.15, -0.1) is 0 Å². The van der Waals surface area contributed by atoms with Crippen molar-refractivity contribution in [1.29, 1.82) is 0 Å². The number of benzene rings is 1. The zero-order valence-electron chi connectivity index (χ0n) is 7.77. The highest BCUT2D eigenvalue weighted by atomic mass is 19.1. The lowest BCUT2D eigenvalue weighted by atomic mass is 10.1. The number of Topliss-reactive ketones (excluding diaryl/α,β-unsaturated/α-hetero) is 1. The largest absolute Gasteiger partial charge is 0.330 e. The fraction of sp³-hybridized carbons (Fsp3) is 0.222. The van der Waals surface area contributed by atoms with E-state index in [1.165, 1.54) is 6.07 Å². The monoisotopic (exact) mass is 212 g/mol. The molecule has 0 aliphatic carbocycles. The Kier molecular flexibility index (Phi) is 3.46. The molecule has 1 aromatic carbocycles. The molecule has 0 radical (unpaired) electrons. The Morgan fingerprint density at radius 3 is 2.67 bits per heavy atom. The molecule has 0 saturated heterocycles. The smallest absolute Gasteiger partial charge is 0.304 e. The molecule has 0 atom stereocenters. The van der Waals surface area contributed by atoms with Gasteiger partial charge in [-0.05, 0) is 18.7 Å². The van der Waals surface area contributed by atoms with E-state index in [0.717, 1.165) is 12.1 Å². The Balaban J connectivity index is 3.01. The van der Waals surface area contributed by atoms with Gasteiger partial charge in [0, 0.05) is 18.1 Å². The summed E-state index contributed by atoms with van der Waals surface area (Å²) in [5.41, 5.74) is 4.62. The molecule has 0 bridgehead atoms. The van der Waals surface area contributed by atoms with E-state index < -0.39 is 16.4 Å². The van der Waals surface area contributed by atoms with Crippen LogP contribution in [0.3, 0.4) is 0 Å². The Morgan fingerprint density at radius 2 is 2.20 bits per heavy atom. The molecule has 0 amide bonds. The van der Waals surface area contributed by atoms with Crippen molar-refractivity contribution in [2.45, 2.75) is 6.42 Å². The quantitative estimate of drug-likeness (QED) is 0.462. The first-order valence-electron chi connectivity index (χ1n) is 4.23. The fourth-order valence-corrected chi connectivity index (χ4v) is 1.10. The van der Waals surface area contributed by atoms with Crippen LogP contribution >= 0.6 is 0 Å². The summed E-state index contributed by atoms with van der Waals surface area (Å²) in [5.74, 6) is -1.34. The van der Waals surface area contributed by atoms with Crippen LogP contribution in [0.2, 0.25) is 0 Å². The number of nitro benzene ring substituents is 1. The lowest BCUT2D eigenvalue weighted by Crippen LogP contribution is -2.08. The second-order valence-electron chi connectivity index (χ2n) is 2.89. The predicted molar refractivity (Wildman–Crippen MR) is 51.1 cm³/mol. The lowest BCUT2D eigenvalue weighted by molar-refractivity contribution is -0.387. The van der Waals surface area contributed by atoms with Gasteiger partial charge in [0.2, 0.25) is 5.82 Å². The summed E-state index contributed by atoms with van der Waals surface area (Å²) < 4.78 is 13.1. The van der Waals surface area contributed by atoms with Crippen LogP contribution in [0.15, 0.2) is 18.2 Å². The lowest BCUT2D eigenvalue weighted by Gasteiger charge is -1.99. The Bertz CT molecular complexity index is 406. The van der Waals surface area contributed by atoms with Gasteiger partial charge in [-0.2, -0.15) is 4.39 Å². The molecule has 0 heterocycles. The summed E-state index contributed by atoms with van der Waals surface area (Å²) in [4.78, 5) is 20.7. The van der Waals surface area contributed by atoms with E-state index >= 15 is 0 Å². The molecule has 2 N–H and O–H groups in total. The molecule has 0 spiro atoms. The van der Waals surface area contributed by atoms with E-state index in [4.69, 9.17) is 5.73 Å². The van der Waals surface area contributed by atoms with Crippen LogP contribution < -0.4 is 5.73 Å². The number of rotatable bonds is 4. The summed E-state index contributed by atoms with van der Waals surface area (Å²) in [6.45, 7) is 0.164. The van der Waals surface area contributed by atoms with Gasteiger partial charge in [-0.3, -0.25) is 14.9 Å². The zero-order valence-corrected chi connectivity index (χ0v) is 7.77. The van der Waals surface area contributed by atoms with E-state index in [-0.39, 0.29) is 24.3 Å². The number of nitro groups is 1. The summed E-state index contributed by atoms with van der Waals surface area (Å²) in [6.07, 6.45) is 0.0945. The molecule has 80 valence electrons. The molecular formula is C9H9FN2O3. The van der Waals surface area contributed by atoms with Crippen LogP contribution in [0, 0.1) is 15.9 Å². The van der Waals surface area contributed by atoms with E-state index in [9.17, 15) is 19.3 Å². The third-order valence-electron chi connectivity index (χ3n) is 1.84. The summed E-state index contributed by atoms with van der Waals surface area (Å²) in [6, 6.07) is 3.05. The Morgan fingerprint density at radius 1 is 1.53 bits per heavy atom. The Labute approximate surface area is 84.8 Å². The molecule has 6 heteroatoms. The third kappa shape index (κ3) is 2.57. The van der Waals surface area contributed by atoms with Crippen LogP contribution in [0.5, 0.6) is 0 Å². The maximum atomic E-state index is 13.1. The molecule has 0 saturated carbocycles. The number of nitrogens with zero attached hydrogens (tertiary/aromatic N) is 1. The van der Waals surface area contributed by atoms with Crippen molar-refractivity contribution in [2.75, 3.05) is 6.54 Å². The van der Waals surface area contributed by atoms with Crippen LogP contribution in [0.4, 0.5) is 10.1 Å². The van der Waals surface area contributed by atoms with Gasteiger partial charge in [0.25, 0.3) is 0 Å². The van der Waals surface area contributed by atoms with Crippen molar-refractivity contribution in [3.05, 3.63) is 39.7 Å². The van der Waals surface area contributed by atoms with Crippen molar-refractivity contribution in [1.82, 2.24) is 0 Å². The van der Waals surface area contributed by atoms with Gasteiger partial charge in [0.05, 0.1) is 4.92 Å². The number of carbonyl (C=O) groups is 1. The van der Waals surface area contributed by atoms with Crippen LogP contribution in [-0.2, 0) is 0 Å². The van der Waals surface area contributed by atoms with E-state index in [1.807, 2.05) is 0 Å². The number of hydrogen-bond acceptors (Lipinski definition) is 4. The molecule has 0 aliphatic heterocycles. The molecule has 0 unspecified atom stereocenters. The van der Waals surface area contributed by atoms with Gasteiger partial charge in [-0.25, -0.2) is 0 Å². The predicted octanol–water partition coefficient (Wildman–Crippen LogP) is 1.27. The minimum absolute atomic E-state index is 0.0945. The van der Waals surface area contributed by atoms with E-state index in [2.05, 4.69) is 0 Å². The average Bonchev–Trinajstić information content (AvgIpc) is 2.17. The highest BCUT2D eigenvalue weighted by molar-refractivity contribution is 5.96. The molecule has 15 heavy (non-hydrogen) atoms. The van der Waals surface area contributed by atoms with Gasteiger partial charge < -0.3 is 5.73 Å². The highest BCUT2D eigenvalue weighted by Crippen LogP contribution is 2.18. The first kappa shape index (κ1) is 11.3. The number of hydrogen-bond donors (Lipinski definition) is 1. The zero-order chi connectivity index (χ0) is 11.4. The first-order chi connectivity index (χ1) is 7.06. The molecule has 5 nitrogen and oxygen atoms in total. The fourth-order valence-electron chi connectivity index (χ4n) is 1.10. The molecule has 0 aromatic heterocycles. The summed E-state index contributed by atoms with van der Waals surface area (Å²) in [5, 5.41) is 10.3. The minimum atomic E-state index is -1.01. The second-order valence-corrected chi connectivity index (χ2v) is 2.89.